The molecule has 2 aromatic heterocycles. The number of rotatable bonds is 3. The van der Waals surface area contributed by atoms with Gasteiger partial charge in [-0.05, 0) is 31.2 Å². The second-order valence-electron chi connectivity index (χ2n) is 6.13. The van der Waals surface area contributed by atoms with Gasteiger partial charge in [-0.25, -0.2) is 4.98 Å². The zero-order chi connectivity index (χ0) is 17.9. The molecule has 2 aromatic carbocycles. The van der Waals surface area contributed by atoms with Crippen molar-refractivity contribution in [3.63, 3.8) is 0 Å². The lowest BCUT2D eigenvalue weighted by atomic mass is 10.0. The molecule has 4 rings (SSSR count). The number of para-hydroxylation sites is 1. The topological polar surface area (TPSA) is 54.9 Å². The Hall–Kier alpha value is -3.53. The summed E-state index contributed by atoms with van der Waals surface area (Å²) in [5.74, 6) is -0.176. The number of carbonyl (C=O) groups excluding carboxylic acids is 1. The number of pyridine rings is 2. The molecule has 0 atom stereocenters. The van der Waals surface area contributed by atoms with Crippen molar-refractivity contribution in [1.29, 1.82) is 0 Å². The minimum absolute atomic E-state index is 0.176. The van der Waals surface area contributed by atoms with E-state index in [0.717, 1.165) is 22.2 Å². The number of carbonyl (C=O) groups is 1. The summed E-state index contributed by atoms with van der Waals surface area (Å²) < 4.78 is 0. The van der Waals surface area contributed by atoms with E-state index in [-0.39, 0.29) is 5.91 Å². The minimum Gasteiger partial charge on any atom is -0.321 e. The molecule has 0 radical (unpaired) electrons. The Bertz CT molecular complexity index is 1070. The Morgan fingerprint density at radius 3 is 2.54 bits per heavy atom. The highest BCUT2D eigenvalue weighted by Gasteiger charge is 2.14. The van der Waals surface area contributed by atoms with Gasteiger partial charge in [-0.15, -0.1) is 0 Å². The SMILES string of the molecule is Cc1ccc(-c2cc(C(=O)Nc3cccnc3)c3ccccc3n2)cc1. The van der Waals surface area contributed by atoms with Crippen molar-refractivity contribution < 1.29 is 4.79 Å². The van der Waals surface area contributed by atoms with Crippen LogP contribution >= 0.6 is 0 Å². The van der Waals surface area contributed by atoms with Crippen LogP contribution in [0, 0.1) is 6.92 Å². The van der Waals surface area contributed by atoms with Crippen molar-refractivity contribution in [2.75, 3.05) is 5.32 Å². The Balaban J connectivity index is 1.82. The molecule has 1 amide bonds. The molecule has 4 aromatic rings. The van der Waals surface area contributed by atoms with E-state index in [2.05, 4.69) is 10.3 Å². The third kappa shape index (κ3) is 3.17. The molecule has 0 aliphatic carbocycles. The maximum Gasteiger partial charge on any atom is 0.256 e. The molecular formula is C22H17N3O. The number of hydrogen-bond donors (Lipinski definition) is 1. The summed E-state index contributed by atoms with van der Waals surface area (Å²) >= 11 is 0. The third-order valence-corrected chi connectivity index (χ3v) is 4.23. The highest BCUT2D eigenvalue weighted by molar-refractivity contribution is 6.13. The first-order chi connectivity index (χ1) is 12.7. The number of anilines is 1. The zero-order valence-electron chi connectivity index (χ0n) is 14.3. The Labute approximate surface area is 151 Å². The van der Waals surface area contributed by atoms with E-state index >= 15 is 0 Å². The van der Waals surface area contributed by atoms with Crippen molar-refractivity contribution in [2.24, 2.45) is 0 Å². The van der Waals surface area contributed by atoms with Gasteiger partial charge in [-0.1, -0.05) is 48.0 Å². The smallest absolute Gasteiger partial charge is 0.256 e. The van der Waals surface area contributed by atoms with Crippen LogP contribution in [0.5, 0.6) is 0 Å². The van der Waals surface area contributed by atoms with Crippen LogP contribution in [0.4, 0.5) is 5.69 Å². The average molecular weight is 339 g/mol. The van der Waals surface area contributed by atoms with Gasteiger partial charge in [0.05, 0.1) is 28.7 Å². The van der Waals surface area contributed by atoms with Crippen LogP contribution in [0.25, 0.3) is 22.2 Å². The summed E-state index contributed by atoms with van der Waals surface area (Å²) in [6.07, 6.45) is 3.30. The second-order valence-corrected chi connectivity index (χ2v) is 6.13. The first-order valence-corrected chi connectivity index (χ1v) is 8.39. The van der Waals surface area contributed by atoms with E-state index in [1.165, 1.54) is 5.56 Å². The second kappa shape index (κ2) is 6.76. The fraction of sp³-hybridized carbons (Fsp3) is 0.0455. The van der Waals surface area contributed by atoms with Gasteiger partial charge in [0.2, 0.25) is 0 Å². The van der Waals surface area contributed by atoms with Crippen LogP contribution in [0.1, 0.15) is 15.9 Å². The predicted molar refractivity (Wildman–Crippen MR) is 104 cm³/mol. The number of hydrogen-bond acceptors (Lipinski definition) is 3. The van der Waals surface area contributed by atoms with E-state index in [0.29, 0.717) is 11.3 Å². The predicted octanol–water partition coefficient (Wildman–Crippen LogP) is 4.86. The molecule has 1 N–H and O–H groups in total. The molecule has 0 saturated carbocycles. The number of nitrogens with zero attached hydrogens (tertiary/aromatic N) is 2. The number of aromatic nitrogens is 2. The quantitative estimate of drug-likeness (QED) is 0.580. The highest BCUT2D eigenvalue weighted by Crippen LogP contribution is 2.25. The van der Waals surface area contributed by atoms with Crippen LogP contribution in [0.2, 0.25) is 0 Å². The van der Waals surface area contributed by atoms with Crippen molar-refractivity contribution in [3.8, 4) is 11.3 Å². The molecule has 0 bridgehead atoms. The van der Waals surface area contributed by atoms with Gasteiger partial charge < -0.3 is 5.32 Å². The summed E-state index contributed by atoms with van der Waals surface area (Å²) in [6.45, 7) is 2.05. The zero-order valence-corrected chi connectivity index (χ0v) is 14.3. The van der Waals surface area contributed by atoms with E-state index < -0.39 is 0 Å². The van der Waals surface area contributed by atoms with Crippen molar-refractivity contribution >= 4 is 22.5 Å². The van der Waals surface area contributed by atoms with Crippen LogP contribution in [0.15, 0.2) is 79.1 Å². The first-order valence-electron chi connectivity index (χ1n) is 8.39. The fourth-order valence-corrected chi connectivity index (χ4v) is 2.87. The summed E-state index contributed by atoms with van der Waals surface area (Å²) in [6, 6.07) is 21.3. The molecule has 0 unspecified atom stereocenters. The molecule has 2 heterocycles. The van der Waals surface area contributed by atoms with E-state index in [4.69, 9.17) is 4.98 Å². The molecule has 126 valence electrons. The van der Waals surface area contributed by atoms with Crippen LogP contribution < -0.4 is 5.32 Å². The maximum absolute atomic E-state index is 12.9. The Morgan fingerprint density at radius 2 is 1.77 bits per heavy atom. The number of fused-ring (bicyclic) bond motifs is 1. The maximum atomic E-state index is 12.9. The molecule has 4 nitrogen and oxygen atoms in total. The van der Waals surface area contributed by atoms with E-state index in [1.54, 1.807) is 18.5 Å². The molecule has 4 heteroatoms. The molecule has 0 aliphatic rings. The van der Waals surface area contributed by atoms with Gasteiger partial charge in [-0.2, -0.15) is 0 Å². The van der Waals surface area contributed by atoms with Crippen molar-refractivity contribution in [1.82, 2.24) is 9.97 Å². The summed E-state index contributed by atoms with van der Waals surface area (Å²) in [5.41, 5.74) is 4.99. The highest BCUT2D eigenvalue weighted by atomic mass is 16.1. The molecule has 0 aliphatic heterocycles. The van der Waals surface area contributed by atoms with Gasteiger partial charge in [0.25, 0.3) is 5.91 Å². The van der Waals surface area contributed by atoms with E-state index in [9.17, 15) is 4.79 Å². The largest absolute Gasteiger partial charge is 0.321 e. The Morgan fingerprint density at radius 1 is 0.962 bits per heavy atom. The molecule has 0 fully saturated rings. The average Bonchev–Trinajstić information content (AvgIpc) is 2.68. The molecule has 0 spiro atoms. The number of nitrogens with one attached hydrogen (secondary N) is 1. The molecular weight excluding hydrogens is 322 g/mol. The summed E-state index contributed by atoms with van der Waals surface area (Å²) in [4.78, 5) is 21.7. The van der Waals surface area contributed by atoms with Gasteiger partial charge >= 0.3 is 0 Å². The van der Waals surface area contributed by atoms with Gasteiger partial charge in [-0.3, -0.25) is 9.78 Å². The standard InChI is InChI=1S/C22H17N3O/c1-15-8-10-16(11-9-15)21-13-19(18-6-2-3-7-20(18)25-21)22(26)24-17-5-4-12-23-14-17/h2-14H,1H3,(H,24,26). The monoisotopic (exact) mass is 339 g/mol. The number of benzene rings is 2. The first kappa shape index (κ1) is 16.0. The van der Waals surface area contributed by atoms with Crippen molar-refractivity contribution in [3.05, 3.63) is 90.3 Å². The normalized spacial score (nSPS) is 10.7. The van der Waals surface area contributed by atoms with E-state index in [1.807, 2.05) is 67.6 Å². The molecule has 0 saturated heterocycles. The summed E-state index contributed by atoms with van der Waals surface area (Å²) in [5, 5.41) is 3.73. The van der Waals surface area contributed by atoms with Gasteiger partial charge in [0.1, 0.15) is 0 Å². The lowest BCUT2D eigenvalue weighted by Gasteiger charge is -2.11. The number of amides is 1. The fourth-order valence-electron chi connectivity index (χ4n) is 2.87. The van der Waals surface area contributed by atoms with Crippen LogP contribution in [0.3, 0.4) is 0 Å². The lowest BCUT2D eigenvalue weighted by molar-refractivity contribution is 0.102. The third-order valence-electron chi connectivity index (χ3n) is 4.23. The summed E-state index contributed by atoms with van der Waals surface area (Å²) in [7, 11) is 0. The minimum atomic E-state index is -0.176. The van der Waals surface area contributed by atoms with Gasteiger partial charge in [0.15, 0.2) is 0 Å². The Kier molecular flexibility index (Phi) is 4.15. The van der Waals surface area contributed by atoms with Crippen molar-refractivity contribution in [2.45, 2.75) is 6.92 Å². The van der Waals surface area contributed by atoms with Crippen LogP contribution in [-0.2, 0) is 0 Å². The van der Waals surface area contributed by atoms with Crippen LogP contribution in [-0.4, -0.2) is 15.9 Å². The lowest BCUT2D eigenvalue weighted by Crippen LogP contribution is -2.13. The molecule has 26 heavy (non-hydrogen) atoms. The number of aryl methyl sites for hydroxylation is 1. The van der Waals surface area contributed by atoms with Gasteiger partial charge in [0, 0.05) is 17.1 Å².